The lowest BCUT2D eigenvalue weighted by Gasteiger charge is -2.35. The molecule has 0 spiro atoms. The van der Waals surface area contributed by atoms with Crippen molar-refractivity contribution in [2.75, 3.05) is 56.3 Å². The Morgan fingerprint density at radius 3 is 2.17 bits per heavy atom. The zero-order chi connectivity index (χ0) is 33.2. The van der Waals surface area contributed by atoms with E-state index in [0.29, 0.717) is 12.2 Å². The standard InChI is InChI=1S/C32H33F2N5O6S/c1-37(2)23-10-11-25(32(40)41)26(18-23)45-31-28(34)29(38-12-14-39(15-13-38)46(3,42)43)27(33)30(36-31)44-24-9-5-8-22(17-24)21-7-4-6-20(16-21)19-35/h4-11,16-18H,12-15,19,35H2,1-3H3,(H,40,41). The molecule has 1 aliphatic rings. The van der Waals surface area contributed by atoms with Crippen LogP contribution >= 0.6 is 0 Å². The van der Waals surface area contributed by atoms with Crippen LogP contribution in [0.15, 0.2) is 66.7 Å². The highest BCUT2D eigenvalue weighted by Crippen LogP contribution is 2.40. The van der Waals surface area contributed by atoms with Gasteiger partial charge >= 0.3 is 5.97 Å². The molecule has 0 saturated carbocycles. The van der Waals surface area contributed by atoms with E-state index in [1.54, 1.807) is 43.3 Å². The van der Waals surface area contributed by atoms with Gasteiger partial charge in [0.25, 0.3) is 11.8 Å². The fourth-order valence-corrected chi connectivity index (χ4v) is 5.86. The summed E-state index contributed by atoms with van der Waals surface area (Å²) in [6.45, 7) is 0.259. The van der Waals surface area contributed by atoms with Gasteiger partial charge in [-0.1, -0.05) is 30.3 Å². The van der Waals surface area contributed by atoms with Crippen molar-refractivity contribution in [3.05, 3.63) is 89.5 Å². The molecule has 242 valence electrons. The molecule has 3 N–H and O–H groups in total. The summed E-state index contributed by atoms with van der Waals surface area (Å²) in [5.41, 5.74) is 8.05. The molecule has 0 amide bonds. The maximum atomic E-state index is 16.2. The normalized spacial score (nSPS) is 13.8. The molecule has 2 heterocycles. The van der Waals surface area contributed by atoms with E-state index in [2.05, 4.69) is 4.98 Å². The van der Waals surface area contributed by atoms with Crippen LogP contribution in [0.1, 0.15) is 15.9 Å². The van der Waals surface area contributed by atoms with Crippen molar-refractivity contribution in [3.63, 3.8) is 0 Å². The highest BCUT2D eigenvalue weighted by molar-refractivity contribution is 7.88. The zero-order valence-corrected chi connectivity index (χ0v) is 26.2. The third kappa shape index (κ3) is 7.03. The Kier molecular flexibility index (Phi) is 9.42. The van der Waals surface area contributed by atoms with Gasteiger partial charge in [0.15, 0.2) is 0 Å². The minimum atomic E-state index is -3.51. The average molecular weight is 654 g/mol. The molecule has 0 atom stereocenters. The second kappa shape index (κ2) is 13.3. The van der Waals surface area contributed by atoms with Gasteiger partial charge in [-0.2, -0.15) is 18.1 Å². The van der Waals surface area contributed by atoms with Crippen LogP contribution in [0.25, 0.3) is 11.1 Å². The Hall–Kier alpha value is -4.79. The molecule has 1 fully saturated rings. The number of rotatable bonds is 10. The number of benzene rings is 3. The summed E-state index contributed by atoms with van der Waals surface area (Å²) >= 11 is 0. The number of ether oxygens (including phenoxy) is 2. The molecule has 1 aromatic heterocycles. The van der Waals surface area contributed by atoms with Crippen LogP contribution in [0.4, 0.5) is 20.2 Å². The van der Waals surface area contributed by atoms with Crippen molar-refractivity contribution < 1.29 is 36.6 Å². The van der Waals surface area contributed by atoms with Gasteiger partial charge in [0.05, 0.1) is 6.26 Å². The number of hydrogen-bond acceptors (Lipinski definition) is 9. The van der Waals surface area contributed by atoms with Crippen molar-refractivity contribution in [2.45, 2.75) is 6.54 Å². The number of carboxylic acid groups (broad SMARTS) is 1. The van der Waals surface area contributed by atoms with Gasteiger partial charge in [0.1, 0.15) is 22.7 Å². The minimum absolute atomic E-state index is 0.00956. The van der Waals surface area contributed by atoms with Crippen molar-refractivity contribution in [1.29, 1.82) is 0 Å². The summed E-state index contributed by atoms with van der Waals surface area (Å²) in [7, 11) is -0.0482. The van der Waals surface area contributed by atoms with E-state index in [0.717, 1.165) is 22.9 Å². The SMILES string of the molecule is CN(C)c1ccc(C(=O)O)c(Oc2nc(Oc3cccc(-c4cccc(CN)c4)c3)c(F)c(N3CCN(S(C)(=O)=O)CC3)c2F)c1. The van der Waals surface area contributed by atoms with Crippen LogP contribution in [0.3, 0.4) is 0 Å². The third-order valence-electron chi connectivity index (χ3n) is 7.48. The molecular weight excluding hydrogens is 620 g/mol. The van der Waals surface area contributed by atoms with E-state index in [9.17, 15) is 18.3 Å². The second-order valence-corrected chi connectivity index (χ2v) is 12.8. The summed E-state index contributed by atoms with van der Waals surface area (Å²) in [5, 5.41) is 9.78. The quantitative estimate of drug-likeness (QED) is 0.243. The van der Waals surface area contributed by atoms with E-state index in [-0.39, 0.29) is 43.2 Å². The highest BCUT2D eigenvalue weighted by atomic mass is 32.2. The maximum absolute atomic E-state index is 16.2. The van der Waals surface area contributed by atoms with E-state index < -0.39 is 45.1 Å². The van der Waals surface area contributed by atoms with Gasteiger partial charge in [-0.3, -0.25) is 0 Å². The number of nitrogens with zero attached hydrogens (tertiary/aromatic N) is 4. The van der Waals surface area contributed by atoms with Crippen LogP contribution in [0.2, 0.25) is 0 Å². The topological polar surface area (TPSA) is 139 Å². The fraction of sp³-hybridized carbons (Fsp3) is 0.250. The first-order chi connectivity index (χ1) is 21.8. The van der Waals surface area contributed by atoms with Gasteiger partial charge in [-0.15, -0.1) is 0 Å². The molecule has 0 aliphatic carbocycles. The van der Waals surface area contributed by atoms with E-state index >= 15 is 8.78 Å². The van der Waals surface area contributed by atoms with Crippen LogP contribution in [0, 0.1) is 11.6 Å². The zero-order valence-electron chi connectivity index (χ0n) is 25.4. The first-order valence-corrected chi connectivity index (χ1v) is 16.1. The number of pyridine rings is 1. The Morgan fingerprint density at radius 2 is 1.57 bits per heavy atom. The van der Waals surface area contributed by atoms with Crippen LogP contribution in [0.5, 0.6) is 23.3 Å². The van der Waals surface area contributed by atoms with Crippen LogP contribution in [-0.2, 0) is 16.6 Å². The number of aromatic carboxylic acids is 1. The van der Waals surface area contributed by atoms with Gasteiger partial charge in [0.2, 0.25) is 21.7 Å². The number of piperazine rings is 1. The average Bonchev–Trinajstić information content (AvgIpc) is 3.03. The monoisotopic (exact) mass is 653 g/mol. The van der Waals surface area contributed by atoms with Crippen LogP contribution < -0.4 is 25.0 Å². The van der Waals surface area contributed by atoms with Gasteiger partial charge < -0.3 is 30.1 Å². The first-order valence-electron chi connectivity index (χ1n) is 14.2. The van der Waals surface area contributed by atoms with Crippen molar-refractivity contribution >= 4 is 27.4 Å². The number of anilines is 2. The molecule has 0 bridgehead atoms. The summed E-state index contributed by atoms with van der Waals surface area (Å²) in [4.78, 5) is 19.1. The lowest BCUT2D eigenvalue weighted by Crippen LogP contribution is -2.48. The lowest BCUT2D eigenvalue weighted by molar-refractivity contribution is 0.0694. The molecule has 0 radical (unpaired) electrons. The second-order valence-electron chi connectivity index (χ2n) is 10.9. The van der Waals surface area contributed by atoms with E-state index in [1.807, 2.05) is 30.3 Å². The van der Waals surface area contributed by atoms with E-state index in [4.69, 9.17) is 15.2 Å². The summed E-state index contributed by atoms with van der Waals surface area (Å²) in [6, 6.07) is 18.6. The molecule has 14 heteroatoms. The number of hydrogen-bond donors (Lipinski definition) is 2. The number of carboxylic acids is 1. The molecule has 0 unspecified atom stereocenters. The molecule has 5 rings (SSSR count). The van der Waals surface area contributed by atoms with Crippen molar-refractivity contribution in [1.82, 2.24) is 9.29 Å². The minimum Gasteiger partial charge on any atom is -0.478 e. The summed E-state index contributed by atoms with van der Waals surface area (Å²) < 4.78 is 69.3. The number of sulfonamides is 1. The third-order valence-corrected chi connectivity index (χ3v) is 8.78. The fourth-order valence-electron chi connectivity index (χ4n) is 5.03. The Morgan fingerprint density at radius 1 is 0.935 bits per heavy atom. The number of halogens is 2. The van der Waals surface area contributed by atoms with Crippen molar-refractivity contribution in [3.8, 4) is 34.4 Å². The van der Waals surface area contributed by atoms with Gasteiger partial charge in [0, 0.05) is 58.6 Å². The van der Waals surface area contributed by atoms with Gasteiger partial charge in [-0.25, -0.2) is 13.2 Å². The number of nitrogens with two attached hydrogens (primary N) is 1. The lowest BCUT2D eigenvalue weighted by atomic mass is 10.0. The maximum Gasteiger partial charge on any atom is 0.339 e. The summed E-state index contributed by atoms with van der Waals surface area (Å²) in [5.74, 6) is -5.03. The number of aromatic nitrogens is 1. The molecule has 11 nitrogen and oxygen atoms in total. The first kappa shape index (κ1) is 32.6. The Labute approximate surface area is 265 Å². The largest absolute Gasteiger partial charge is 0.478 e. The molecule has 4 aromatic rings. The molecule has 3 aromatic carbocycles. The molecule has 1 aliphatic heterocycles. The Balaban J connectivity index is 1.58. The van der Waals surface area contributed by atoms with Gasteiger partial charge in [-0.05, 0) is 47.0 Å². The summed E-state index contributed by atoms with van der Waals surface area (Å²) in [6.07, 6.45) is 1.07. The predicted octanol–water partition coefficient (Wildman–Crippen LogP) is 4.92. The smallest absolute Gasteiger partial charge is 0.339 e. The molecule has 1 saturated heterocycles. The van der Waals surface area contributed by atoms with Crippen molar-refractivity contribution in [2.24, 2.45) is 5.73 Å². The van der Waals surface area contributed by atoms with Crippen LogP contribution in [-0.4, -0.2) is 75.3 Å². The highest BCUT2D eigenvalue weighted by Gasteiger charge is 2.32. The number of carbonyl (C=O) groups is 1. The van der Waals surface area contributed by atoms with E-state index in [1.165, 1.54) is 21.3 Å². The Bertz CT molecular complexity index is 1880. The molecular formula is C32H33F2N5O6S. The predicted molar refractivity (Wildman–Crippen MR) is 170 cm³/mol. The molecule has 46 heavy (non-hydrogen) atoms.